The molecule has 1 saturated heterocycles. The molecule has 0 aliphatic carbocycles. The van der Waals surface area contributed by atoms with E-state index in [0.717, 1.165) is 5.56 Å². The first-order valence-electron chi connectivity index (χ1n) is 7.08. The fraction of sp³-hybridized carbons (Fsp3) is 0.188. The number of aromatic nitrogens is 1. The topological polar surface area (TPSA) is 69.1 Å². The normalized spacial score (nSPS) is 17.4. The molecule has 1 aliphatic heterocycles. The minimum atomic E-state index is -0.427. The quantitative estimate of drug-likeness (QED) is 0.864. The number of amidine groups is 1. The number of carbonyl (C=O) groups excluding carboxylic acids is 1. The number of carbonyl (C=O) groups is 1. The zero-order valence-corrected chi connectivity index (χ0v) is 12.8. The Hall–Kier alpha value is -2.47. The third-order valence-corrected chi connectivity index (χ3v) is 3.89. The zero-order chi connectivity index (χ0) is 16.4. The van der Waals surface area contributed by atoms with Crippen molar-refractivity contribution in [3.63, 3.8) is 0 Å². The fourth-order valence-corrected chi connectivity index (χ4v) is 2.80. The van der Waals surface area contributed by atoms with Crippen LogP contribution in [0, 0.1) is 11.2 Å². The Morgan fingerprint density at radius 3 is 2.78 bits per heavy atom. The van der Waals surface area contributed by atoms with Gasteiger partial charge in [0.25, 0.3) is 0 Å². The van der Waals surface area contributed by atoms with E-state index in [-0.39, 0.29) is 17.7 Å². The highest BCUT2D eigenvalue weighted by Gasteiger charge is 2.34. The second kappa shape index (κ2) is 6.34. The molecule has 2 amide bonds. The van der Waals surface area contributed by atoms with Crippen LogP contribution in [-0.2, 0) is 0 Å². The molecule has 0 spiro atoms. The number of hydrogen-bond acceptors (Lipinski definition) is 3. The van der Waals surface area contributed by atoms with Gasteiger partial charge in [-0.3, -0.25) is 15.3 Å². The summed E-state index contributed by atoms with van der Waals surface area (Å²) in [7, 11) is 0. The third-order valence-electron chi connectivity index (χ3n) is 3.68. The van der Waals surface area contributed by atoms with Crippen LogP contribution in [0.1, 0.15) is 24.4 Å². The van der Waals surface area contributed by atoms with E-state index in [1.165, 1.54) is 35.4 Å². The summed E-state index contributed by atoms with van der Waals surface area (Å²) in [5, 5.41) is 11.2. The number of likely N-dealkylation sites (tertiary alicyclic amines) is 1. The van der Waals surface area contributed by atoms with Crippen LogP contribution >= 0.6 is 11.6 Å². The summed E-state index contributed by atoms with van der Waals surface area (Å²) in [6, 6.07) is 6.52. The van der Waals surface area contributed by atoms with Crippen LogP contribution < -0.4 is 5.32 Å². The minimum absolute atomic E-state index is 0.231. The van der Waals surface area contributed by atoms with E-state index in [4.69, 9.17) is 17.0 Å². The number of benzene rings is 1. The molecule has 1 atom stereocenters. The van der Waals surface area contributed by atoms with Crippen molar-refractivity contribution in [1.82, 2.24) is 9.88 Å². The lowest BCUT2D eigenvalue weighted by Crippen LogP contribution is -2.37. The van der Waals surface area contributed by atoms with Gasteiger partial charge in [-0.1, -0.05) is 11.6 Å². The van der Waals surface area contributed by atoms with Crippen LogP contribution in [-0.4, -0.2) is 21.8 Å². The van der Waals surface area contributed by atoms with Gasteiger partial charge >= 0.3 is 6.03 Å². The van der Waals surface area contributed by atoms with Crippen molar-refractivity contribution in [2.45, 2.75) is 18.9 Å². The number of rotatable bonds is 2. The van der Waals surface area contributed by atoms with Crippen molar-refractivity contribution in [3.05, 3.63) is 59.1 Å². The van der Waals surface area contributed by atoms with Gasteiger partial charge in [0, 0.05) is 24.5 Å². The van der Waals surface area contributed by atoms with Crippen molar-refractivity contribution in [2.24, 2.45) is 0 Å². The largest absolute Gasteiger partial charge is 0.327 e. The number of pyridine rings is 1. The van der Waals surface area contributed by atoms with E-state index in [2.05, 4.69) is 10.3 Å². The average Bonchev–Trinajstić information content (AvgIpc) is 2.91. The standard InChI is InChI=1S/C16H14ClFN4O/c17-11-7-10(8-20-9-11)14-5-6-15(19)22(14)16(23)21-13-3-1-12(18)2-4-13/h1-4,7-9,14,19H,5-6H2,(H,21,23). The molecule has 0 bridgehead atoms. The summed E-state index contributed by atoms with van der Waals surface area (Å²) in [6.45, 7) is 0. The molecule has 23 heavy (non-hydrogen) atoms. The van der Waals surface area contributed by atoms with Crippen LogP contribution in [0.25, 0.3) is 0 Å². The third kappa shape index (κ3) is 3.32. The number of halogens is 2. The van der Waals surface area contributed by atoms with Gasteiger partial charge in [-0.05, 0) is 42.3 Å². The number of urea groups is 1. The number of nitrogens with zero attached hydrogens (tertiary/aromatic N) is 2. The molecule has 118 valence electrons. The summed E-state index contributed by atoms with van der Waals surface area (Å²) >= 11 is 5.96. The molecule has 0 radical (unpaired) electrons. The molecule has 5 nitrogen and oxygen atoms in total. The van der Waals surface area contributed by atoms with Crippen LogP contribution in [0.15, 0.2) is 42.7 Å². The maximum Gasteiger partial charge on any atom is 0.327 e. The monoisotopic (exact) mass is 332 g/mol. The van der Waals surface area contributed by atoms with Gasteiger partial charge < -0.3 is 5.32 Å². The van der Waals surface area contributed by atoms with E-state index >= 15 is 0 Å². The van der Waals surface area contributed by atoms with Crippen molar-refractivity contribution in [1.29, 1.82) is 5.41 Å². The molecule has 1 aromatic carbocycles. The minimum Gasteiger partial charge on any atom is -0.307 e. The number of amides is 2. The summed E-state index contributed by atoms with van der Waals surface area (Å²) in [6.07, 6.45) is 4.30. The van der Waals surface area contributed by atoms with E-state index in [0.29, 0.717) is 23.6 Å². The fourth-order valence-electron chi connectivity index (χ4n) is 2.62. The molecular formula is C16H14ClFN4O. The lowest BCUT2D eigenvalue weighted by molar-refractivity contribution is 0.225. The van der Waals surface area contributed by atoms with E-state index in [1.54, 1.807) is 12.3 Å². The number of nitrogens with one attached hydrogen (secondary N) is 2. The van der Waals surface area contributed by atoms with Crippen LogP contribution in [0.3, 0.4) is 0 Å². The van der Waals surface area contributed by atoms with Gasteiger partial charge in [-0.25, -0.2) is 9.18 Å². The number of hydrogen-bond donors (Lipinski definition) is 2. The smallest absolute Gasteiger partial charge is 0.307 e. The van der Waals surface area contributed by atoms with Crippen molar-refractivity contribution >= 4 is 29.2 Å². The first kappa shape index (κ1) is 15.4. The van der Waals surface area contributed by atoms with Crippen LogP contribution in [0.4, 0.5) is 14.9 Å². The van der Waals surface area contributed by atoms with Gasteiger partial charge in [-0.15, -0.1) is 0 Å². The highest BCUT2D eigenvalue weighted by molar-refractivity contribution is 6.30. The summed E-state index contributed by atoms with van der Waals surface area (Å²) in [5.74, 6) is -0.144. The summed E-state index contributed by atoms with van der Waals surface area (Å²) in [4.78, 5) is 17.9. The molecule has 1 fully saturated rings. The lowest BCUT2D eigenvalue weighted by Gasteiger charge is -2.25. The number of anilines is 1. The molecular weight excluding hydrogens is 319 g/mol. The van der Waals surface area contributed by atoms with Crippen molar-refractivity contribution in [3.8, 4) is 0 Å². The lowest BCUT2D eigenvalue weighted by atomic mass is 10.1. The molecule has 0 saturated carbocycles. The second-order valence-corrected chi connectivity index (χ2v) is 5.68. The van der Waals surface area contributed by atoms with E-state index in [9.17, 15) is 9.18 Å². The molecule has 7 heteroatoms. The van der Waals surface area contributed by atoms with Gasteiger partial charge in [0.2, 0.25) is 0 Å². The predicted octanol–water partition coefficient (Wildman–Crippen LogP) is 4.22. The Kier molecular flexibility index (Phi) is 4.25. The maximum absolute atomic E-state index is 12.9. The zero-order valence-electron chi connectivity index (χ0n) is 12.1. The SMILES string of the molecule is N=C1CCC(c2cncc(Cl)c2)N1C(=O)Nc1ccc(F)cc1. The Labute approximate surface area is 137 Å². The van der Waals surface area contributed by atoms with Crippen LogP contribution in [0.5, 0.6) is 0 Å². The molecule has 1 aliphatic rings. The van der Waals surface area contributed by atoms with Gasteiger partial charge in [0.15, 0.2) is 0 Å². The summed E-state index contributed by atoms with van der Waals surface area (Å²) in [5.41, 5.74) is 1.26. The van der Waals surface area contributed by atoms with Gasteiger partial charge in [-0.2, -0.15) is 0 Å². The molecule has 3 rings (SSSR count). The Bertz CT molecular complexity index is 750. The average molecular weight is 333 g/mol. The van der Waals surface area contributed by atoms with Crippen LogP contribution in [0.2, 0.25) is 5.02 Å². The van der Waals surface area contributed by atoms with Gasteiger partial charge in [0.05, 0.1) is 11.1 Å². The van der Waals surface area contributed by atoms with E-state index in [1.807, 2.05) is 0 Å². The first-order valence-corrected chi connectivity index (χ1v) is 7.46. The van der Waals surface area contributed by atoms with E-state index < -0.39 is 6.03 Å². The Morgan fingerprint density at radius 2 is 2.09 bits per heavy atom. The van der Waals surface area contributed by atoms with Crippen molar-refractivity contribution in [2.75, 3.05) is 5.32 Å². The molecule has 1 aromatic heterocycles. The highest BCUT2D eigenvalue weighted by Crippen LogP contribution is 2.34. The Balaban J connectivity index is 1.82. The molecule has 2 aromatic rings. The molecule has 2 heterocycles. The summed E-state index contributed by atoms with van der Waals surface area (Å²) < 4.78 is 12.9. The first-order chi connectivity index (χ1) is 11.0. The highest BCUT2D eigenvalue weighted by atomic mass is 35.5. The Morgan fingerprint density at radius 1 is 1.35 bits per heavy atom. The predicted molar refractivity (Wildman–Crippen MR) is 86.2 cm³/mol. The van der Waals surface area contributed by atoms with Gasteiger partial charge in [0.1, 0.15) is 11.7 Å². The maximum atomic E-state index is 12.9. The molecule has 1 unspecified atom stereocenters. The molecule has 2 N–H and O–H groups in total. The second-order valence-electron chi connectivity index (χ2n) is 5.24. The van der Waals surface area contributed by atoms with Crippen molar-refractivity contribution < 1.29 is 9.18 Å².